The highest BCUT2D eigenvalue weighted by Crippen LogP contribution is 2.35. The van der Waals surface area contributed by atoms with Crippen molar-refractivity contribution in [2.24, 2.45) is 5.41 Å². The Balaban J connectivity index is 2.01. The third kappa shape index (κ3) is 3.48. The molecule has 0 saturated heterocycles. The summed E-state index contributed by atoms with van der Waals surface area (Å²) in [5, 5.41) is 7.46. The van der Waals surface area contributed by atoms with Gasteiger partial charge in [0.2, 0.25) is 5.95 Å². The van der Waals surface area contributed by atoms with Crippen molar-refractivity contribution in [2.45, 2.75) is 27.7 Å². The highest BCUT2D eigenvalue weighted by molar-refractivity contribution is 7.21. The Morgan fingerprint density at radius 2 is 1.83 bits per heavy atom. The summed E-state index contributed by atoms with van der Waals surface area (Å²) in [5.74, 6) is 1.45. The Hall–Kier alpha value is -2.21. The Labute approximate surface area is 146 Å². The Morgan fingerprint density at radius 1 is 1.08 bits per heavy atom. The molecule has 3 rings (SSSR count). The predicted molar refractivity (Wildman–Crippen MR) is 103 cm³/mol. The molecule has 126 valence electrons. The minimum atomic E-state index is 0.169. The molecule has 0 radical (unpaired) electrons. The number of aryl methyl sites for hydroxylation is 1. The van der Waals surface area contributed by atoms with E-state index in [1.54, 1.807) is 11.3 Å². The molecule has 24 heavy (non-hydrogen) atoms. The number of para-hydroxylation sites is 1. The Kier molecular flexibility index (Phi) is 4.41. The van der Waals surface area contributed by atoms with Gasteiger partial charge in [-0.1, -0.05) is 32.9 Å². The van der Waals surface area contributed by atoms with E-state index in [0.29, 0.717) is 5.95 Å². The number of hydrogen-bond acceptors (Lipinski definition) is 6. The fourth-order valence-corrected chi connectivity index (χ4v) is 3.48. The van der Waals surface area contributed by atoms with Crippen LogP contribution < -0.4 is 10.6 Å². The van der Waals surface area contributed by atoms with Crippen LogP contribution in [-0.2, 0) is 0 Å². The number of nitrogens with one attached hydrogen (secondary N) is 2. The fraction of sp³-hybridized carbons (Fsp3) is 0.389. The molecule has 0 amide bonds. The second kappa shape index (κ2) is 6.36. The molecule has 0 spiro atoms. The van der Waals surface area contributed by atoms with Crippen LogP contribution in [0.5, 0.6) is 0 Å². The smallest absolute Gasteiger partial charge is 0.224 e. The summed E-state index contributed by atoms with van der Waals surface area (Å²) in [4.78, 5) is 14.0. The molecule has 2 heterocycles. The van der Waals surface area contributed by atoms with Crippen molar-refractivity contribution in [3.8, 4) is 10.6 Å². The molecule has 5 nitrogen and oxygen atoms in total. The number of anilines is 2. The topological polar surface area (TPSA) is 62.7 Å². The van der Waals surface area contributed by atoms with Crippen molar-refractivity contribution < 1.29 is 0 Å². The Bertz CT molecular complexity index is 830. The minimum absolute atomic E-state index is 0.169. The van der Waals surface area contributed by atoms with Gasteiger partial charge in [-0.2, -0.15) is 4.98 Å². The third-order valence-corrected chi connectivity index (χ3v) is 4.67. The highest BCUT2D eigenvalue weighted by atomic mass is 32.1. The molecule has 0 aliphatic carbocycles. The first-order valence-electron chi connectivity index (χ1n) is 8.03. The van der Waals surface area contributed by atoms with E-state index in [1.165, 1.54) is 4.70 Å². The second-order valence-corrected chi connectivity index (χ2v) is 8.04. The predicted octanol–water partition coefficient (Wildman–Crippen LogP) is 4.56. The normalized spacial score (nSPS) is 11.7. The summed E-state index contributed by atoms with van der Waals surface area (Å²) in [7, 11) is 1.88. The maximum Gasteiger partial charge on any atom is 0.224 e. The lowest BCUT2D eigenvalue weighted by Gasteiger charge is -2.19. The second-order valence-electron chi connectivity index (χ2n) is 7.01. The van der Waals surface area contributed by atoms with Gasteiger partial charge in [0.05, 0.1) is 21.5 Å². The first-order chi connectivity index (χ1) is 11.4. The lowest BCUT2D eigenvalue weighted by Crippen LogP contribution is -2.20. The van der Waals surface area contributed by atoms with Gasteiger partial charge in [-0.15, -0.1) is 11.3 Å². The summed E-state index contributed by atoms with van der Waals surface area (Å²) >= 11 is 1.67. The first kappa shape index (κ1) is 16.6. The lowest BCUT2D eigenvalue weighted by molar-refractivity contribution is 0.442. The van der Waals surface area contributed by atoms with Crippen molar-refractivity contribution in [3.63, 3.8) is 0 Å². The average Bonchev–Trinajstić information content (AvgIpc) is 2.94. The van der Waals surface area contributed by atoms with Crippen LogP contribution in [0.2, 0.25) is 0 Å². The van der Waals surface area contributed by atoms with Gasteiger partial charge in [-0.25, -0.2) is 9.97 Å². The summed E-state index contributed by atoms with van der Waals surface area (Å²) in [6, 6.07) is 8.16. The molecule has 2 N–H and O–H groups in total. The summed E-state index contributed by atoms with van der Waals surface area (Å²) in [6.45, 7) is 9.37. The van der Waals surface area contributed by atoms with E-state index in [9.17, 15) is 0 Å². The van der Waals surface area contributed by atoms with Gasteiger partial charge in [0.1, 0.15) is 10.8 Å². The van der Waals surface area contributed by atoms with E-state index in [1.807, 2.05) is 32.2 Å². The van der Waals surface area contributed by atoms with Crippen molar-refractivity contribution >= 4 is 33.3 Å². The van der Waals surface area contributed by atoms with Crippen molar-refractivity contribution in [3.05, 3.63) is 30.0 Å². The molecule has 0 aliphatic rings. The summed E-state index contributed by atoms with van der Waals surface area (Å²) < 4.78 is 1.17. The number of benzene rings is 1. The standard InChI is InChI=1S/C18H23N5S/c1-11-14(16-22-12-8-6-7-9-13(12)24-16)15(19-5)23-17(21-11)20-10-18(2,3)4/h6-9H,10H2,1-5H3,(H2,19,20,21,23). The first-order valence-corrected chi connectivity index (χ1v) is 8.85. The van der Waals surface area contributed by atoms with Gasteiger partial charge in [0.25, 0.3) is 0 Å². The molecular weight excluding hydrogens is 318 g/mol. The maximum atomic E-state index is 4.75. The molecule has 0 unspecified atom stereocenters. The van der Waals surface area contributed by atoms with Gasteiger partial charge >= 0.3 is 0 Å². The number of thiazole rings is 1. The van der Waals surface area contributed by atoms with Gasteiger partial charge < -0.3 is 10.6 Å². The molecule has 0 atom stereocenters. The summed E-state index contributed by atoms with van der Waals surface area (Å²) in [6.07, 6.45) is 0. The molecule has 2 aromatic heterocycles. The van der Waals surface area contributed by atoms with Crippen molar-refractivity contribution in [2.75, 3.05) is 24.2 Å². The molecule has 0 fully saturated rings. The third-order valence-electron chi connectivity index (χ3n) is 3.61. The summed E-state index contributed by atoms with van der Waals surface area (Å²) in [5.41, 5.74) is 3.07. The zero-order chi connectivity index (χ0) is 17.3. The number of aromatic nitrogens is 3. The van der Waals surface area contributed by atoms with E-state index in [-0.39, 0.29) is 5.41 Å². The van der Waals surface area contributed by atoms with Crippen LogP contribution in [0.4, 0.5) is 11.8 Å². The molecule has 0 aliphatic heterocycles. The number of hydrogen-bond donors (Lipinski definition) is 2. The number of rotatable bonds is 4. The van der Waals surface area contributed by atoms with Crippen LogP contribution in [0.15, 0.2) is 24.3 Å². The molecule has 0 bridgehead atoms. The van der Waals surface area contributed by atoms with Crippen LogP contribution in [-0.4, -0.2) is 28.5 Å². The maximum absolute atomic E-state index is 4.75. The van der Waals surface area contributed by atoms with Crippen molar-refractivity contribution in [1.82, 2.24) is 15.0 Å². The van der Waals surface area contributed by atoms with Gasteiger partial charge in [0.15, 0.2) is 0 Å². The fourth-order valence-electron chi connectivity index (χ4n) is 2.41. The molecular formula is C18H23N5S. The van der Waals surface area contributed by atoms with Crippen LogP contribution in [0.3, 0.4) is 0 Å². The highest BCUT2D eigenvalue weighted by Gasteiger charge is 2.18. The van der Waals surface area contributed by atoms with E-state index in [0.717, 1.165) is 34.1 Å². The van der Waals surface area contributed by atoms with E-state index < -0.39 is 0 Å². The van der Waals surface area contributed by atoms with Crippen LogP contribution in [0.25, 0.3) is 20.8 Å². The van der Waals surface area contributed by atoms with Gasteiger partial charge in [0, 0.05) is 13.6 Å². The van der Waals surface area contributed by atoms with E-state index in [4.69, 9.17) is 4.98 Å². The quantitative estimate of drug-likeness (QED) is 0.728. The number of fused-ring (bicyclic) bond motifs is 1. The van der Waals surface area contributed by atoms with Gasteiger partial charge in [-0.05, 0) is 24.5 Å². The zero-order valence-electron chi connectivity index (χ0n) is 14.8. The molecule has 0 saturated carbocycles. The molecule has 6 heteroatoms. The molecule has 1 aromatic carbocycles. The number of nitrogens with zero attached hydrogens (tertiary/aromatic N) is 3. The monoisotopic (exact) mass is 341 g/mol. The minimum Gasteiger partial charge on any atom is -0.372 e. The van der Waals surface area contributed by atoms with Crippen LogP contribution >= 0.6 is 11.3 Å². The van der Waals surface area contributed by atoms with Crippen molar-refractivity contribution in [1.29, 1.82) is 0 Å². The van der Waals surface area contributed by atoms with Gasteiger partial charge in [-0.3, -0.25) is 0 Å². The lowest BCUT2D eigenvalue weighted by atomic mass is 9.97. The average molecular weight is 341 g/mol. The molecule has 3 aromatic rings. The largest absolute Gasteiger partial charge is 0.372 e. The van der Waals surface area contributed by atoms with Crippen LogP contribution in [0, 0.1) is 12.3 Å². The van der Waals surface area contributed by atoms with E-state index >= 15 is 0 Å². The Morgan fingerprint density at radius 3 is 2.50 bits per heavy atom. The van der Waals surface area contributed by atoms with E-state index in [2.05, 4.69) is 47.4 Å². The van der Waals surface area contributed by atoms with Crippen LogP contribution in [0.1, 0.15) is 26.5 Å². The SMILES string of the molecule is CNc1nc(NCC(C)(C)C)nc(C)c1-c1nc2ccccc2s1. The zero-order valence-corrected chi connectivity index (χ0v) is 15.6.